The molecule has 1 unspecified atom stereocenters. The number of rotatable bonds is 11. The van der Waals surface area contributed by atoms with E-state index in [0.717, 1.165) is 50.2 Å². The van der Waals surface area contributed by atoms with Crippen LogP contribution in [-0.2, 0) is 4.74 Å². The fourth-order valence-corrected chi connectivity index (χ4v) is 3.15. The van der Waals surface area contributed by atoms with Crippen LogP contribution in [0.4, 0.5) is 0 Å². The van der Waals surface area contributed by atoms with E-state index in [-0.39, 0.29) is 24.0 Å². The second kappa shape index (κ2) is 14.7. The van der Waals surface area contributed by atoms with Gasteiger partial charge in [-0.1, -0.05) is 0 Å². The van der Waals surface area contributed by atoms with Crippen molar-refractivity contribution in [3.05, 3.63) is 24.3 Å². The molecule has 0 radical (unpaired) electrons. The van der Waals surface area contributed by atoms with Gasteiger partial charge in [0.25, 0.3) is 0 Å². The summed E-state index contributed by atoms with van der Waals surface area (Å²) in [6.07, 6.45) is 2.44. The molecule has 7 nitrogen and oxygen atoms in total. The van der Waals surface area contributed by atoms with Crippen molar-refractivity contribution in [1.82, 2.24) is 15.5 Å². The second-order valence-corrected chi connectivity index (χ2v) is 6.50. The van der Waals surface area contributed by atoms with Crippen LogP contribution in [0.2, 0.25) is 0 Å². The van der Waals surface area contributed by atoms with E-state index in [1.807, 2.05) is 24.3 Å². The monoisotopic (exact) mass is 506 g/mol. The van der Waals surface area contributed by atoms with Crippen molar-refractivity contribution in [2.75, 3.05) is 60.2 Å². The van der Waals surface area contributed by atoms with E-state index in [1.54, 1.807) is 14.2 Å². The highest BCUT2D eigenvalue weighted by Gasteiger charge is 2.23. The van der Waals surface area contributed by atoms with Crippen molar-refractivity contribution in [2.24, 2.45) is 4.99 Å². The largest absolute Gasteiger partial charge is 0.497 e. The molecule has 1 aliphatic heterocycles. The summed E-state index contributed by atoms with van der Waals surface area (Å²) in [5.74, 6) is 2.50. The Hall–Kier alpha value is -1.26. The molecule has 1 saturated heterocycles. The van der Waals surface area contributed by atoms with Crippen LogP contribution in [-0.4, -0.2) is 77.1 Å². The zero-order valence-corrected chi connectivity index (χ0v) is 19.6. The van der Waals surface area contributed by atoms with Crippen molar-refractivity contribution in [1.29, 1.82) is 0 Å². The molecule has 160 valence electrons. The normalized spacial score (nSPS) is 17.1. The molecule has 0 bridgehead atoms. The molecule has 1 heterocycles. The van der Waals surface area contributed by atoms with Gasteiger partial charge in [0, 0.05) is 26.2 Å². The first kappa shape index (κ1) is 24.8. The summed E-state index contributed by atoms with van der Waals surface area (Å²) >= 11 is 0. The first-order chi connectivity index (χ1) is 13.3. The summed E-state index contributed by atoms with van der Waals surface area (Å²) in [5.41, 5.74) is 0. The van der Waals surface area contributed by atoms with Gasteiger partial charge in [-0.05, 0) is 50.6 Å². The number of hydrogen-bond donors (Lipinski definition) is 2. The summed E-state index contributed by atoms with van der Waals surface area (Å²) in [6.45, 7) is 7.88. The van der Waals surface area contributed by atoms with Gasteiger partial charge >= 0.3 is 0 Å². The molecule has 1 aliphatic rings. The van der Waals surface area contributed by atoms with Crippen LogP contribution in [0.3, 0.4) is 0 Å². The Morgan fingerprint density at radius 3 is 2.57 bits per heavy atom. The molecule has 0 aliphatic carbocycles. The summed E-state index contributed by atoms with van der Waals surface area (Å²) in [5, 5.41) is 6.64. The fraction of sp³-hybridized carbons (Fsp3) is 0.650. The molecule has 0 spiro atoms. The topological polar surface area (TPSA) is 67.4 Å². The quantitative estimate of drug-likeness (QED) is 0.208. The van der Waals surface area contributed by atoms with Gasteiger partial charge in [-0.25, -0.2) is 0 Å². The summed E-state index contributed by atoms with van der Waals surface area (Å²) in [4.78, 5) is 7.24. The van der Waals surface area contributed by atoms with E-state index in [1.165, 1.54) is 12.8 Å². The van der Waals surface area contributed by atoms with Gasteiger partial charge in [0.2, 0.25) is 0 Å². The van der Waals surface area contributed by atoms with E-state index in [4.69, 9.17) is 19.2 Å². The molecule has 8 heteroatoms. The minimum absolute atomic E-state index is 0. The van der Waals surface area contributed by atoms with Gasteiger partial charge in [-0.2, -0.15) is 0 Å². The van der Waals surface area contributed by atoms with Gasteiger partial charge in [-0.15, -0.1) is 24.0 Å². The Bertz CT molecular complexity index is 557. The predicted octanol–water partition coefficient (Wildman–Crippen LogP) is 2.36. The maximum absolute atomic E-state index is 5.75. The number of nitrogens with one attached hydrogen (secondary N) is 2. The minimum atomic E-state index is 0. The third kappa shape index (κ3) is 8.83. The average molecular weight is 506 g/mol. The molecule has 28 heavy (non-hydrogen) atoms. The number of guanidine groups is 1. The smallest absolute Gasteiger partial charge is 0.191 e. The highest BCUT2D eigenvalue weighted by Crippen LogP contribution is 2.17. The third-order valence-corrected chi connectivity index (χ3v) is 4.61. The number of aliphatic imine (C=N–C) groups is 1. The number of methoxy groups -OCH3 is 2. The number of nitrogens with zero attached hydrogens (tertiary/aromatic N) is 2. The zero-order valence-electron chi connectivity index (χ0n) is 17.3. The summed E-state index contributed by atoms with van der Waals surface area (Å²) in [6, 6.07) is 8.11. The van der Waals surface area contributed by atoms with Gasteiger partial charge in [0.15, 0.2) is 5.96 Å². The SMILES string of the molecule is CCNC(=NCC1CCCN1CCOC)NCCOc1ccc(OC)cc1.I. The first-order valence-electron chi connectivity index (χ1n) is 9.78. The number of hydrogen-bond acceptors (Lipinski definition) is 5. The summed E-state index contributed by atoms with van der Waals surface area (Å²) in [7, 11) is 3.41. The molecule has 1 atom stereocenters. The van der Waals surface area contributed by atoms with Crippen LogP contribution in [0.1, 0.15) is 19.8 Å². The van der Waals surface area contributed by atoms with Crippen molar-refractivity contribution in [2.45, 2.75) is 25.8 Å². The van der Waals surface area contributed by atoms with Crippen LogP contribution in [0.25, 0.3) is 0 Å². The molecule has 0 saturated carbocycles. The standard InChI is InChI=1S/C20H34N4O3.HI/c1-4-21-20(23-16-17-6-5-12-24(17)13-15-25-2)22-11-14-27-19-9-7-18(26-3)8-10-19;/h7-10,17H,4-6,11-16H2,1-3H3,(H2,21,22,23);1H. The lowest BCUT2D eigenvalue weighted by atomic mass is 10.2. The van der Waals surface area contributed by atoms with Gasteiger partial charge in [0.05, 0.1) is 26.8 Å². The van der Waals surface area contributed by atoms with Crippen LogP contribution >= 0.6 is 24.0 Å². The zero-order chi connectivity index (χ0) is 19.3. The fourth-order valence-electron chi connectivity index (χ4n) is 3.15. The van der Waals surface area contributed by atoms with Crippen LogP contribution in [0.15, 0.2) is 29.3 Å². The van der Waals surface area contributed by atoms with E-state index in [2.05, 4.69) is 22.5 Å². The second-order valence-electron chi connectivity index (χ2n) is 6.50. The highest BCUT2D eigenvalue weighted by atomic mass is 127. The molecule has 1 aromatic rings. The minimum Gasteiger partial charge on any atom is -0.497 e. The maximum Gasteiger partial charge on any atom is 0.191 e. The Kier molecular flexibility index (Phi) is 13.0. The van der Waals surface area contributed by atoms with Crippen LogP contribution in [0.5, 0.6) is 11.5 Å². The van der Waals surface area contributed by atoms with Crippen molar-refractivity contribution >= 4 is 29.9 Å². The predicted molar refractivity (Wildman–Crippen MR) is 124 cm³/mol. The van der Waals surface area contributed by atoms with E-state index in [0.29, 0.717) is 19.2 Å². The lowest BCUT2D eigenvalue weighted by molar-refractivity contribution is 0.142. The van der Waals surface area contributed by atoms with Crippen LogP contribution < -0.4 is 20.1 Å². The number of ether oxygens (including phenoxy) is 3. The average Bonchev–Trinajstić information content (AvgIpc) is 3.15. The molecule has 1 aromatic carbocycles. The molecular weight excluding hydrogens is 471 g/mol. The molecule has 0 aromatic heterocycles. The number of halogens is 1. The van der Waals surface area contributed by atoms with E-state index in [9.17, 15) is 0 Å². The molecule has 0 amide bonds. The van der Waals surface area contributed by atoms with E-state index < -0.39 is 0 Å². The Balaban J connectivity index is 0.00000392. The Morgan fingerprint density at radius 1 is 1.14 bits per heavy atom. The molecule has 2 rings (SSSR count). The maximum atomic E-state index is 5.75. The highest BCUT2D eigenvalue weighted by molar-refractivity contribution is 14.0. The summed E-state index contributed by atoms with van der Waals surface area (Å²) < 4.78 is 16.1. The Labute approximate surface area is 186 Å². The first-order valence-corrected chi connectivity index (χ1v) is 9.78. The van der Waals surface area contributed by atoms with Crippen molar-refractivity contribution in [3.8, 4) is 11.5 Å². The van der Waals surface area contributed by atoms with Crippen molar-refractivity contribution in [3.63, 3.8) is 0 Å². The van der Waals surface area contributed by atoms with Gasteiger partial charge < -0.3 is 24.8 Å². The van der Waals surface area contributed by atoms with Crippen LogP contribution in [0, 0.1) is 0 Å². The lowest BCUT2D eigenvalue weighted by Gasteiger charge is -2.23. The molecule has 1 fully saturated rings. The van der Waals surface area contributed by atoms with Gasteiger partial charge in [-0.3, -0.25) is 9.89 Å². The van der Waals surface area contributed by atoms with E-state index >= 15 is 0 Å². The number of benzene rings is 1. The lowest BCUT2D eigenvalue weighted by Crippen LogP contribution is -2.41. The molecular formula is C20H35IN4O3. The third-order valence-electron chi connectivity index (χ3n) is 4.61. The van der Waals surface area contributed by atoms with Gasteiger partial charge in [0.1, 0.15) is 18.1 Å². The molecule has 2 N–H and O–H groups in total. The van der Waals surface area contributed by atoms with Crippen molar-refractivity contribution < 1.29 is 14.2 Å². The number of likely N-dealkylation sites (tertiary alicyclic amines) is 1. The Morgan fingerprint density at radius 2 is 1.89 bits per heavy atom.